The molecule has 0 unspecified atom stereocenters. The van der Waals surface area contributed by atoms with Crippen LogP contribution in [0.5, 0.6) is 5.75 Å². The first-order valence-corrected chi connectivity index (χ1v) is 15.5. The molecular formula is C35H37N5O4. The fourth-order valence-electron chi connectivity index (χ4n) is 6.86. The van der Waals surface area contributed by atoms with E-state index in [4.69, 9.17) is 19.1 Å². The number of benzene rings is 2. The maximum absolute atomic E-state index is 12.9. The van der Waals surface area contributed by atoms with Crippen LogP contribution in [0.4, 0.5) is 0 Å². The van der Waals surface area contributed by atoms with Crippen LogP contribution in [0.3, 0.4) is 0 Å². The lowest BCUT2D eigenvalue weighted by Gasteiger charge is -2.38. The molecule has 2 aromatic carbocycles. The first-order valence-electron chi connectivity index (χ1n) is 15.5. The highest BCUT2D eigenvalue weighted by molar-refractivity contribution is 5.95. The molecule has 1 N–H and O–H groups in total. The van der Waals surface area contributed by atoms with Crippen LogP contribution in [0.1, 0.15) is 82.8 Å². The number of allylic oxidation sites excluding steroid dienone is 1. The molecule has 2 amide bonds. The molecule has 0 radical (unpaired) electrons. The second-order valence-electron chi connectivity index (χ2n) is 12.3. The van der Waals surface area contributed by atoms with Gasteiger partial charge in [-0.2, -0.15) is 0 Å². The maximum Gasteiger partial charge on any atom is 0.251 e. The summed E-state index contributed by atoms with van der Waals surface area (Å²) in [5.74, 6) is 2.55. The maximum atomic E-state index is 12.9. The Balaban J connectivity index is 1.15. The number of amides is 2. The molecule has 9 nitrogen and oxygen atoms in total. The molecule has 3 aliphatic rings. The summed E-state index contributed by atoms with van der Waals surface area (Å²) in [5.41, 5.74) is 8.71. The summed E-state index contributed by atoms with van der Waals surface area (Å²) < 4.78 is 11.6. The largest absolute Gasteiger partial charge is 0.496 e. The highest BCUT2D eigenvalue weighted by Gasteiger charge is 2.30. The van der Waals surface area contributed by atoms with E-state index in [2.05, 4.69) is 28.5 Å². The number of ether oxygens (including phenoxy) is 1. The fraction of sp³-hybridized carbons (Fsp3) is 0.400. The van der Waals surface area contributed by atoms with E-state index in [9.17, 15) is 9.59 Å². The van der Waals surface area contributed by atoms with Crippen molar-refractivity contribution in [2.75, 3.05) is 20.2 Å². The predicted molar refractivity (Wildman–Crippen MR) is 167 cm³/mol. The van der Waals surface area contributed by atoms with Crippen LogP contribution in [0.25, 0.3) is 16.7 Å². The van der Waals surface area contributed by atoms with E-state index in [1.807, 2.05) is 25.1 Å². The van der Waals surface area contributed by atoms with Crippen LogP contribution in [0.2, 0.25) is 0 Å². The van der Waals surface area contributed by atoms with Gasteiger partial charge >= 0.3 is 0 Å². The van der Waals surface area contributed by atoms with Crippen LogP contribution < -0.4 is 10.1 Å². The highest BCUT2D eigenvalue weighted by Crippen LogP contribution is 2.38. The average Bonchev–Trinajstić information content (AvgIpc) is 3.73. The summed E-state index contributed by atoms with van der Waals surface area (Å²) in [4.78, 5) is 40.8. The van der Waals surface area contributed by atoms with Gasteiger partial charge in [0, 0.05) is 56.5 Å². The van der Waals surface area contributed by atoms with Gasteiger partial charge in [0.05, 0.1) is 24.5 Å². The number of methoxy groups -OCH3 is 1. The lowest BCUT2D eigenvalue weighted by atomic mass is 9.93. The van der Waals surface area contributed by atoms with E-state index in [1.165, 1.54) is 31.3 Å². The Labute approximate surface area is 256 Å². The molecule has 3 heterocycles. The number of carbonyl (C=O) groups excluding carboxylic acids is 2. The van der Waals surface area contributed by atoms with Crippen molar-refractivity contribution in [1.29, 1.82) is 0 Å². The summed E-state index contributed by atoms with van der Waals surface area (Å²) in [6.07, 6.45) is 9.50. The van der Waals surface area contributed by atoms with E-state index in [0.29, 0.717) is 42.6 Å². The van der Waals surface area contributed by atoms with E-state index >= 15 is 0 Å². The number of nitrogens with zero attached hydrogens (tertiary/aromatic N) is 4. The van der Waals surface area contributed by atoms with Gasteiger partial charge in [0.1, 0.15) is 17.1 Å². The van der Waals surface area contributed by atoms with Crippen LogP contribution >= 0.6 is 0 Å². The number of hydrogen-bond donors (Lipinski definition) is 1. The molecule has 1 saturated heterocycles. The van der Waals surface area contributed by atoms with Gasteiger partial charge in [-0.15, -0.1) is 0 Å². The number of aryl methyl sites for hydroxylation is 1. The molecule has 0 atom stereocenters. The minimum Gasteiger partial charge on any atom is -0.496 e. The van der Waals surface area contributed by atoms with Gasteiger partial charge in [-0.1, -0.05) is 43.9 Å². The summed E-state index contributed by atoms with van der Waals surface area (Å²) in [6.45, 7) is 4.50. The van der Waals surface area contributed by atoms with Crippen molar-refractivity contribution in [3.05, 3.63) is 87.8 Å². The zero-order chi connectivity index (χ0) is 30.4. The van der Waals surface area contributed by atoms with Crippen LogP contribution in [0.15, 0.2) is 46.9 Å². The monoisotopic (exact) mass is 591 g/mol. The van der Waals surface area contributed by atoms with Gasteiger partial charge < -0.3 is 19.4 Å². The number of likely N-dealkylation sites (tertiary alicyclic amines) is 1. The molecule has 0 bridgehead atoms. The van der Waals surface area contributed by atoms with Gasteiger partial charge in [-0.3, -0.25) is 9.59 Å². The molecule has 4 aromatic rings. The van der Waals surface area contributed by atoms with Gasteiger partial charge in [0.15, 0.2) is 11.5 Å². The summed E-state index contributed by atoms with van der Waals surface area (Å²) in [6, 6.07) is 11.7. The van der Waals surface area contributed by atoms with E-state index < -0.39 is 0 Å². The Morgan fingerprint density at radius 1 is 1.07 bits per heavy atom. The Hall–Kier alpha value is -4.53. The lowest BCUT2D eigenvalue weighted by molar-refractivity contribution is -0.133. The van der Waals surface area contributed by atoms with Crippen molar-refractivity contribution in [3.63, 3.8) is 0 Å². The first-order chi connectivity index (χ1) is 21.3. The lowest BCUT2D eigenvalue weighted by Crippen LogP contribution is -2.60. The van der Waals surface area contributed by atoms with Gasteiger partial charge in [0.2, 0.25) is 5.91 Å². The van der Waals surface area contributed by atoms with Crippen molar-refractivity contribution in [2.24, 2.45) is 5.92 Å². The third kappa shape index (κ3) is 5.47. The fourth-order valence-corrected chi connectivity index (χ4v) is 6.86. The molecule has 1 aliphatic heterocycles. The Kier molecular flexibility index (Phi) is 7.40. The zero-order valence-electron chi connectivity index (χ0n) is 25.5. The van der Waals surface area contributed by atoms with Crippen molar-refractivity contribution < 1.29 is 18.7 Å². The summed E-state index contributed by atoms with van der Waals surface area (Å²) >= 11 is 0. The predicted octanol–water partition coefficient (Wildman–Crippen LogP) is 5.21. The zero-order valence-corrected chi connectivity index (χ0v) is 25.5. The average molecular weight is 592 g/mol. The van der Waals surface area contributed by atoms with Gasteiger partial charge in [-0.25, -0.2) is 15.0 Å². The van der Waals surface area contributed by atoms with Crippen molar-refractivity contribution >= 4 is 28.5 Å². The van der Waals surface area contributed by atoms with Crippen molar-refractivity contribution in [3.8, 4) is 5.75 Å². The first kappa shape index (κ1) is 28.3. The van der Waals surface area contributed by atoms with Gasteiger partial charge in [0.25, 0.3) is 5.91 Å². The molecule has 7 rings (SSSR count). The molecular weight excluding hydrogens is 554 g/mol. The normalized spacial score (nSPS) is 16.6. The molecule has 0 spiro atoms. The molecule has 2 aliphatic carbocycles. The number of carbonyl (C=O) groups is 2. The smallest absolute Gasteiger partial charge is 0.251 e. The van der Waals surface area contributed by atoms with E-state index in [-0.39, 0.29) is 17.9 Å². The van der Waals surface area contributed by atoms with E-state index in [1.54, 1.807) is 25.0 Å². The SMILES string of the molecule is COc1cc(C(=O)NC2CN(C(C)=O)C2)ccc1Cc1nc2c(c(CC3CCCC3)n1)C(c1ccc3nc(C)oc3c1)=CC2. The number of aromatic nitrogens is 3. The molecule has 2 fully saturated rings. The Bertz CT molecular complexity index is 1800. The topological polar surface area (TPSA) is 110 Å². The Morgan fingerprint density at radius 3 is 2.66 bits per heavy atom. The standard InChI is InChI=1S/C35H37N5O4/c1-20-36-28-12-10-23(15-32(28)44-20)27-11-13-29-34(27)30(14-22-6-4-5-7-22)39-33(38-29)17-24-8-9-25(16-31(24)43-3)35(42)37-26-18-40(19-26)21(2)41/h8-12,15-16,22,26H,4-7,13-14,17-19H2,1-3H3,(H,37,42). The second-order valence-corrected chi connectivity index (χ2v) is 12.3. The summed E-state index contributed by atoms with van der Waals surface area (Å²) in [5, 5.41) is 3.01. The van der Waals surface area contributed by atoms with Crippen molar-refractivity contribution in [1.82, 2.24) is 25.2 Å². The molecule has 2 aromatic heterocycles. The van der Waals surface area contributed by atoms with Crippen LogP contribution in [-0.4, -0.2) is 57.9 Å². The molecule has 9 heteroatoms. The second kappa shape index (κ2) is 11.5. The molecule has 1 saturated carbocycles. The van der Waals surface area contributed by atoms with Gasteiger partial charge in [-0.05, 0) is 47.7 Å². The number of rotatable bonds is 8. The minimum atomic E-state index is -0.173. The minimum absolute atomic E-state index is 0.0247. The summed E-state index contributed by atoms with van der Waals surface area (Å²) in [7, 11) is 1.62. The highest BCUT2D eigenvalue weighted by atomic mass is 16.5. The number of oxazole rings is 1. The van der Waals surface area contributed by atoms with Crippen LogP contribution in [0, 0.1) is 12.8 Å². The quantitative estimate of drug-likeness (QED) is 0.300. The number of nitrogens with one attached hydrogen (secondary N) is 1. The third-order valence-corrected chi connectivity index (χ3v) is 9.20. The van der Waals surface area contributed by atoms with E-state index in [0.717, 1.165) is 57.8 Å². The Morgan fingerprint density at radius 2 is 1.89 bits per heavy atom. The molecule has 226 valence electrons. The van der Waals surface area contributed by atoms with Crippen LogP contribution in [-0.2, 0) is 24.1 Å². The van der Waals surface area contributed by atoms with Crippen molar-refractivity contribution in [2.45, 2.75) is 64.8 Å². The molecule has 44 heavy (non-hydrogen) atoms. The third-order valence-electron chi connectivity index (χ3n) is 9.20. The number of fused-ring (bicyclic) bond motifs is 2. The number of hydrogen-bond acceptors (Lipinski definition) is 7.